The van der Waals surface area contributed by atoms with Crippen molar-refractivity contribution in [1.29, 1.82) is 0 Å². The van der Waals surface area contributed by atoms with E-state index >= 15 is 0 Å². The molecule has 0 saturated heterocycles. The standard InChI is InChI=1S/C11H12N2O5/c1-18-11(17)6-2-3-8(7(12)4-6)13-9(14)5-10(15)16/h2-4H,5,12H2,1H3,(H,13,14)(H,15,16). The Morgan fingerprint density at radius 3 is 2.56 bits per heavy atom. The predicted octanol–water partition coefficient (Wildman–Crippen LogP) is 0.469. The van der Waals surface area contributed by atoms with E-state index in [0.717, 1.165) is 0 Å². The zero-order valence-electron chi connectivity index (χ0n) is 9.60. The van der Waals surface area contributed by atoms with Crippen molar-refractivity contribution in [3.05, 3.63) is 23.8 Å². The van der Waals surface area contributed by atoms with Crippen molar-refractivity contribution in [2.75, 3.05) is 18.2 Å². The van der Waals surface area contributed by atoms with Crippen LogP contribution in [0, 0.1) is 0 Å². The van der Waals surface area contributed by atoms with Crippen LogP contribution >= 0.6 is 0 Å². The van der Waals surface area contributed by atoms with Crippen LogP contribution in [0.3, 0.4) is 0 Å². The number of benzene rings is 1. The number of amides is 1. The van der Waals surface area contributed by atoms with Gasteiger partial charge in [0.15, 0.2) is 0 Å². The normalized spacial score (nSPS) is 9.61. The van der Waals surface area contributed by atoms with Gasteiger partial charge in [-0.25, -0.2) is 4.79 Å². The number of ether oxygens (including phenoxy) is 1. The number of esters is 1. The highest BCUT2D eigenvalue weighted by molar-refractivity contribution is 6.03. The van der Waals surface area contributed by atoms with Crippen LogP contribution in [0.15, 0.2) is 18.2 Å². The number of nitrogen functional groups attached to an aromatic ring is 1. The van der Waals surface area contributed by atoms with Crippen LogP contribution < -0.4 is 11.1 Å². The molecule has 0 bridgehead atoms. The van der Waals surface area contributed by atoms with E-state index in [9.17, 15) is 14.4 Å². The predicted molar refractivity (Wildman–Crippen MR) is 63.1 cm³/mol. The fourth-order valence-corrected chi connectivity index (χ4v) is 1.25. The van der Waals surface area contributed by atoms with Gasteiger partial charge < -0.3 is 20.9 Å². The summed E-state index contributed by atoms with van der Waals surface area (Å²) in [6.07, 6.45) is -0.655. The Morgan fingerprint density at radius 1 is 1.39 bits per heavy atom. The number of hydrogen-bond donors (Lipinski definition) is 3. The molecule has 0 spiro atoms. The second-order valence-corrected chi connectivity index (χ2v) is 3.41. The number of nitrogens with one attached hydrogen (secondary N) is 1. The van der Waals surface area contributed by atoms with Gasteiger partial charge in [-0.3, -0.25) is 9.59 Å². The number of carbonyl (C=O) groups is 3. The highest BCUT2D eigenvalue weighted by Gasteiger charge is 2.12. The lowest BCUT2D eigenvalue weighted by atomic mass is 10.1. The first-order valence-corrected chi connectivity index (χ1v) is 4.93. The molecule has 0 unspecified atom stereocenters. The molecule has 0 aliphatic heterocycles. The van der Waals surface area contributed by atoms with Gasteiger partial charge in [0.25, 0.3) is 0 Å². The lowest BCUT2D eigenvalue weighted by Gasteiger charge is -2.08. The van der Waals surface area contributed by atoms with Crippen molar-refractivity contribution >= 4 is 29.2 Å². The molecule has 18 heavy (non-hydrogen) atoms. The highest BCUT2D eigenvalue weighted by atomic mass is 16.5. The maximum Gasteiger partial charge on any atom is 0.337 e. The van der Waals surface area contributed by atoms with Crippen LogP contribution in [-0.2, 0) is 14.3 Å². The fourth-order valence-electron chi connectivity index (χ4n) is 1.25. The number of carboxylic acid groups (broad SMARTS) is 1. The van der Waals surface area contributed by atoms with Crippen LogP contribution in [-0.4, -0.2) is 30.1 Å². The van der Waals surface area contributed by atoms with E-state index < -0.39 is 24.3 Å². The molecule has 4 N–H and O–H groups in total. The van der Waals surface area contributed by atoms with Crippen LogP contribution in [0.2, 0.25) is 0 Å². The minimum absolute atomic E-state index is 0.150. The molecule has 0 radical (unpaired) electrons. The van der Waals surface area contributed by atoms with E-state index in [2.05, 4.69) is 10.1 Å². The number of rotatable bonds is 4. The number of hydrogen-bond acceptors (Lipinski definition) is 5. The van der Waals surface area contributed by atoms with E-state index in [-0.39, 0.29) is 16.9 Å². The Kier molecular flexibility index (Phi) is 4.25. The number of methoxy groups -OCH3 is 1. The molecular weight excluding hydrogens is 240 g/mol. The molecule has 0 aromatic heterocycles. The maximum absolute atomic E-state index is 11.2. The number of carboxylic acids is 1. The summed E-state index contributed by atoms with van der Waals surface area (Å²) in [7, 11) is 1.24. The monoisotopic (exact) mass is 252 g/mol. The topological polar surface area (TPSA) is 119 Å². The average Bonchev–Trinajstić information content (AvgIpc) is 2.29. The molecule has 7 nitrogen and oxygen atoms in total. The summed E-state index contributed by atoms with van der Waals surface area (Å²) in [5.74, 6) is -2.48. The third kappa shape index (κ3) is 3.48. The summed E-state index contributed by atoms with van der Waals surface area (Å²) in [6, 6.07) is 4.15. The zero-order chi connectivity index (χ0) is 13.7. The summed E-state index contributed by atoms with van der Waals surface area (Å²) < 4.78 is 4.51. The average molecular weight is 252 g/mol. The second kappa shape index (κ2) is 5.67. The van der Waals surface area contributed by atoms with Crippen LogP contribution in [0.1, 0.15) is 16.8 Å². The van der Waals surface area contributed by atoms with Gasteiger partial charge in [0.1, 0.15) is 6.42 Å². The maximum atomic E-state index is 11.2. The molecule has 1 aromatic carbocycles. The smallest absolute Gasteiger partial charge is 0.337 e. The van der Waals surface area contributed by atoms with Crippen molar-refractivity contribution < 1.29 is 24.2 Å². The molecule has 1 amide bonds. The molecular formula is C11H12N2O5. The van der Waals surface area contributed by atoms with Crippen molar-refractivity contribution in [3.8, 4) is 0 Å². The fraction of sp³-hybridized carbons (Fsp3) is 0.182. The minimum Gasteiger partial charge on any atom is -0.481 e. The lowest BCUT2D eigenvalue weighted by Crippen LogP contribution is -2.17. The van der Waals surface area contributed by atoms with Gasteiger partial charge >= 0.3 is 11.9 Å². The van der Waals surface area contributed by atoms with Crippen molar-refractivity contribution in [2.24, 2.45) is 0 Å². The third-order valence-electron chi connectivity index (χ3n) is 2.06. The Bertz CT molecular complexity index is 498. The van der Waals surface area contributed by atoms with Crippen molar-refractivity contribution in [3.63, 3.8) is 0 Å². The molecule has 0 heterocycles. The number of nitrogens with two attached hydrogens (primary N) is 1. The summed E-state index contributed by atoms with van der Waals surface area (Å²) in [4.78, 5) is 32.7. The molecule has 0 fully saturated rings. The quantitative estimate of drug-likeness (QED) is 0.407. The molecule has 7 heteroatoms. The van der Waals surface area contributed by atoms with E-state index in [4.69, 9.17) is 10.8 Å². The van der Waals surface area contributed by atoms with Crippen LogP contribution in [0.5, 0.6) is 0 Å². The SMILES string of the molecule is COC(=O)c1ccc(NC(=O)CC(=O)O)c(N)c1. The molecule has 0 saturated carbocycles. The van der Waals surface area contributed by atoms with E-state index in [1.54, 1.807) is 0 Å². The summed E-state index contributed by atoms with van der Waals surface area (Å²) in [5.41, 5.74) is 6.26. The molecule has 0 atom stereocenters. The van der Waals surface area contributed by atoms with Gasteiger partial charge in [-0.15, -0.1) is 0 Å². The first-order valence-electron chi connectivity index (χ1n) is 4.93. The molecule has 1 aromatic rings. The van der Waals surface area contributed by atoms with E-state index in [0.29, 0.717) is 0 Å². The Balaban J connectivity index is 2.83. The summed E-state index contributed by atoms with van der Waals surface area (Å²) in [5, 5.41) is 10.8. The first kappa shape index (κ1) is 13.5. The van der Waals surface area contributed by atoms with Gasteiger partial charge in [-0.1, -0.05) is 0 Å². The molecule has 96 valence electrons. The van der Waals surface area contributed by atoms with Gasteiger partial charge in [-0.2, -0.15) is 0 Å². The van der Waals surface area contributed by atoms with Gasteiger partial charge in [0.2, 0.25) is 5.91 Å². The Labute approximate surface area is 103 Å². The van der Waals surface area contributed by atoms with Crippen LogP contribution in [0.25, 0.3) is 0 Å². The van der Waals surface area contributed by atoms with E-state index in [1.165, 1.54) is 25.3 Å². The largest absolute Gasteiger partial charge is 0.481 e. The highest BCUT2D eigenvalue weighted by Crippen LogP contribution is 2.20. The summed E-state index contributed by atoms with van der Waals surface area (Å²) in [6.45, 7) is 0. The Morgan fingerprint density at radius 2 is 2.06 bits per heavy atom. The van der Waals surface area contributed by atoms with Crippen LogP contribution in [0.4, 0.5) is 11.4 Å². The number of carbonyl (C=O) groups excluding carboxylic acids is 2. The Hall–Kier alpha value is -2.57. The molecule has 1 rings (SSSR count). The van der Waals surface area contributed by atoms with Gasteiger partial charge in [0.05, 0.1) is 24.0 Å². The first-order chi connectivity index (χ1) is 8.43. The lowest BCUT2D eigenvalue weighted by molar-refractivity contribution is -0.139. The second-order valence-electron chi connectivity index (χ2n) is 3.41. The number of aliphatic carboxylic acids is 1. The third-order valence-corrected chi connectivity index (χ3v) is 2.06. The molecule has 0 aliphatic rings. The number of anilines is 2. The van der Waals surface area contributed by atoms with Gasteiger partial charge in [-0.05, 0) is 18.2 Å². The van der Waals surface area contributed by atoms with Gasteiger partial charge in [0, 0.05) is 0 Å². The zero-order valence-corrected chi connectivity index (χ0v) is 9.60. The van der Waals surface area contributed by atoms with E-state index in [1.807, 2.05) is 0 Å². The van der Waals surface area contributed by atoms with Crippen molar-refractivity contribution in [1.82, 2.24) is 0 Å². The molecule has 0 aliphatic carbocycles. The minimum atomic E-state index is -1.24. The van der Waals surface area contributed by atoms with Crippen molar-refractivity contribution in [2.45, 2.75) is 6.42 Å². The summed E-state index contributed by atoms with van der Waals surface area (Å²) >= 11 is 0.